The van der Waals surface area contributed by atoms with E-state index in [1.54, 1.807) is 6.20 Å². The van der Waals surface area contributed by atoms with Crippen LogP contribution < -0.4 is 5.32 Å². The van der Waals surface area contributed by atoms with Gasteiger partial charge in [-0.2, -0.15) is 0 Å². The number of pyridine rings is 1. The van der Waals surface area contributed by atoms with E-state index in [1.807, 2.05) is 12.1 Å². The zero-order valence-corrected chi connectivity index (χ0v) is 9.46. The SMILES string of the molecule is Clc1cccnc1-c1ccc2c(c1)CCN2. The fourth-order valence-corrected chi connectivity index (χ4v) is 2.28. The van der Waals surface area contributed by atoms with Crippen LogP contribution in [0.2, 0.25) is 5.02 Å². The third kappa shape index (κ3) is 1.55. The van der Waals surface area contributed by atoms with Gasteiger partial charge in [-0.05, 0) is 36.2 Å². The van der Waals surface area contributed by atoms with Gasteiger partial charge >= 0.3 is 0 Å². The molecule has 0 aliphatic carbocycles. The zero-order valence-electron chi connectivity index (χ0n) is 8.70. The second-order valence-corrected chi connectivity index (χ2v) is 4.29. The van der Waals surface area contributed by atoms with Gasteiger partial charge in [0.1, 0.15) is 0 Å². The first-order valence-corrected chi connectivity index (χ1v) is 5.70. The largest absolute Gasteiger partial charge is 0.384 e. The summed E-state index contributed by atoms with van der Waals surface area (Å²) in [4.78, 5) is 4.32. The van der Waals surface area contributed by atoms with Crippen molar-refractivity contribution in [1.82, 2.24) is 4.98 Å². The molecular formula is C13H11ClN2. The monoisotopic (exact) mass is 230 g/mol. The number of benzene rings is 1. The highest BCUT2D eigenvalue weighted by molar-refractivity contribution is 6.33. The number of aromatic nitrogens is 1. The molecular weight excluding hydrogens is 220 g/mol. The van der Waals surface area contributed by atoms with Crippen LogP contribution >= 0.6 is 11.6 Å². The van der Waals surface area contributed by atoms with Crippen LogP contribution in [0.5, 0.6) is 0 Å². The Labute approximate surface area is 99.3 Å². The average Bonchev–Trinajstić information content (AvgIpc) is 2.76. The first-order valence-electron chi connectivity index (χ1n) is 5.32. The first kappa shape index (κ1) is 9.67. The van der Waals surface area contributed by atoms with Gasteiger partial charge in [0, 0.05) is 24.0 Å². The van der Waals surface area contributed by atoms with E-state index in [1.165, 1.54) is 11.3 Å². The maximum atomic E-state index is 6.13. The predicted octanol–water partition coefficient (Wildman–Crippen LogP) is 3.37. The van der Waals surface area contributed by atoms with Crippen LogP contribution in [0.3, 0.4) is 0 Å². The van der Waals surface area contributed by atoms with Crippen molar-refractivity contribution in [3.63, 3.8) is 0 Å². The molecule has 1 aromatic heterocycles. The molecule has 3 heteroatoms. The third-order valence-corrected chi connectivity index (χ3v) is 3.15. The van der Waals surface area contributed by atoms with Crippen LogP contribution in [-0.2, 0) is 6.42 Å². The number of fused-ring (bicyclic) bond motifs is 1. The Morgan fingerprint density at radius 3 is 3.06 bits per heavy atom. The van der Waals surface area contributed by atoms with Crippen molar-refractivity contribution in [3.8, 4) is 11.3 Å². The molecule has 0 saturated carbocycles. The highest BCUT2D eigenvalue weighted by Crippen LogP contribution is 2.30. The average molecular weight is 231 g/mol. The Bertz CT molecular complexity index is 537. The molecule has 1 aliphatic rings. The predicted molar refractivity (Wildman–Crippen MR) is 66.9 cm³/mol. The summed E-state index contributed by atoms with van der Waals surface area (Å²) < 4.78 is 0. The van der Waals surface area contributed by atoms with Crippen molar-refractivity contribution in [2.45, 2.75) is 6.42 Å². The van der Waals surface area contributed by atoms with Gasteiger partial charge in [-0.1, -0.05) is 17.7 Å². The standard InChI is InChI=1S/C13H11ClN2/c14-11-2-1-6-16-13(11)10-3-4-12-9(8-10)5-7-15-12/h1-4,6,8,15H,5,7H2. The number of halogens is 1. The molecule has 0 amide bonds. The van der Waals surface area contributed by atoms with E-state index in [0.29, 0.717) is 5.02 Å². The van der Waals surface area contributed by atoms with E-state index in [4.69, 9.17) is 11.6 Å². The molecule has 2 aromatic rings. The molecule has 0 bridgehead atoms. The van der Waals surface area contributed by atoms with Gasteiger partial charge in [0.25, 0.3) is 0 Å². The second kappa shape index (κ2) is 3.80. The fourth-order valence-electron chi connectivity index (χ4n) is 2.05. The normalized spacial score (nSPS) is 13.3. The van der Waals surface area contributed by atoms with Crippen LogP contribution in [0.15, 0.2) is 36.5 Å². The summed E-state index contributed by atoms with van der Waals surface area (Å²) >= 11 is 6.13. The van der Waals surface area contributed by atoms with Gasteiger partial charge < -0.3 is 5.32 Å². The summed E-state index contributed by atoms with van der Waals surface area (Å²) in [6, 6.07) is 10.0. The second-order valence-electron chi connectivity index (χ2n) is 3.88. The summed E-state index contributed by atoms with van der Waals surface area (Å²) in [5.74, 6) is 0. The minimum atomic E-state index is 0.702. The summed E-state index contributed by atoms with van der Waals surface area (Å²) in [5.41, 5.74) is 4.53. The maximum absolute atomic E-state index is 6.13. The Balaban J connectivity index is 2.11. The highest BCUT2D eigenvalue weighted by Gasteiger charge is 2.12. The van der Waals surface area contributed by atoms with Crippen molar-refractivity contribution in [1.29, 1.82) is 0 Å². The number of rotatable bonds is 1. The van der Waals surface area contributed by atoms with E-state index >= 15 is 0 Å². The maximum Gasteiger partial charge on any atom is 0.0888 e. The van der Waals surface area contributed by atoms with Gasteiger partial charge in [-0.25, -0.2) is 0 Å². The molecule has 2 heterocycles. The summed E-state index contributed by atoms with van der Waals surface area (Å²) in [7, 11) is 0. The molecule has 1 aliphatic heterocycles. The Morgan fingerprint density at radius 1 is 1.25 bits per heavy atom. The minimum absolute atomic E-state index is 0.702. The Kier molecular flexibility index (Phi) is 2.29. The lowest BCUT2D eigenvalue weighted by molar-refractivity contribution is 1.11. The van der Waals surface area contributed by atoms with E-state index in [9.17, 15) is 0 Å². The molecule has 2 nitrogen and oxygen atoms in total. The van der Waals surface area contributed by atoms with Gasteiger partial charge in [-0.15, -0.1) is 0 Å². The number of nitrogens with zero attached hydrogens (tertiary/aromatic N) is 1. The third-order valence-electron chi connectivity index (χ3n) is 2.85. The molecule has 1 N–H and O–H groups in total. The molecule has 0 atom stereocenters. The molecule has 80 valence electrons. The van der Waals surface area contributed by atoms with Gasteiger partial charge in [0.05, 0.1) is 10.7 Å². The Morgan fingerprint density at radius 2 is 2.19 bits per heavy atom. The highest BCUT2D eigenvalue weighted by atomic mass is 35.5. The Hall–Kier alpha value is -1.54. The number of hydrogen-bond acceptors (Lipinski definition) is 2. The molecule has 16 heavy (non-hydrogen) atoms. The number of anilines is 1. The van der Waals surface area contributed by atoms with Crippen molar-refractivity contribution in [2.75, 3.05) is 11.9 Å². The van der Waals surface area contributed by atoms with Crippen LogP contribution in [0.25, 0.3) is 11.3 Å². The van der Waals surface area contributed by atoms with E-state index in [2.05, 4.69) is 28.5 Å². The first-order chi connectivity index (χ1) is 7.84. The molecule has 0 unspecified atom stereocenters. The van der Waals surface area contributed by atoms with E-state index in [0.717, 1.165) is 24.2 Å². The van der Waals surface area contributed by atoms with Crippen molar-refractivity contribution in [2.24, 2.45) is 0 Å². The number of hydrogen-bond donors (Lipinski definition) is 1. The topological polar surface area (TPSA) is 24.9 Å². The lowest BCUT2D eigenvalue weighted by atomic mass is 10.1. The van der Waals surface area contributed by atoms with E-state index < -0.39 is 0 Å². The lowest BCUT2D eigenvalue weighted by Gasteiger charge is -2.05. The molecule has 0 saturated heterocycles. The minimum Gasteiger partial charge on any atom is -0.384 e. The van der Waals surface area contributed by atoms with Crippen molar-refractivity contribution < 1.29 is 0 Å². The van der Waals surface area contributed by atoms with Crippen LogP contribution in [0.1, 0.15) is 5.56 Å². The summed E-state index contributed by atoms with van der Waals surface area (Å²) in [6.45, 7) is 1.02. The van der Waals surface area contributed by atoms with Crippen LogP contribution in [0, 0.1) is 0 Å². The van der Waals surface area contributed by atoms with Gasteiger partial charge in [-0.3, -0.25) is 4.98 Å². The molecule has 0 radical (unpaired) electrons. The van der Waals surface area contributed by atoms with Crippen LogP contribution in [-0.4, -0.2) is 11.5 Å². The summed E-state index contributed by atoms with van der Waals surface area (Å²) in [5, 5.41) is 4.04. The molecule has 1 aromatic carbocycles. The molecule has 0 spiro atoms. The zero-order chi connectivity index (χ0) is 11.0. The molecule has 3 rings (SSSR count). The van der Waals surface area contributed by atoms with Gasteiger partial charge in [0.2, 0.25) is 0 Å². The lowest BCUT2D eigenvalue weighted by Crippen LogP contribution is -1.90. The smallest absolute Gasteiger partial charge is 0.0888 e. The number of nitrogens with one attached hydrogen (secondary N) is 1. The van der Waals surface area contributed by atoms with E-state index in [-0.39, 0.29) is 0 Å². The van der Waals surface area contributed by atoms with Crippen molar-refractivity contribution >= 4 is 17.3 Å². The van der Waals surface area contributed by atoms with Crippen LogP contribution in [0.4, 0.5) is 5.69 Å². The van der Waals surface area contributed by atoms with Gasteiger partial charge in [0.15, 0.2) is 0 Å². The fraction of sp³-hybridized carbons (Fsp3) is 0.154. The quantitative estimate of drug-likeness (QED) is 0.813. The summed E-state index contributed by atoms with van der Waals surface area (Å²) in [6.07, 6.45) is 2.85. The molecule has 0 fully saturated rings. The van der Waals surface area contributed by atoms with Crippen molar-refractivity contribution in [3.05, 3.63) is 47.1 Å².